The van der Waals surface area contributed by atoms with E-state index in [4.69, 9.17) is 4.74 Å². The van der Waals surface area contributed by atoms with Crippen molar-refractivity contribution in [3.05, 3.63) is 64.4 Å². The minimum Gasteiger partial charge on any atom is -0.497 e. The third kappa shape index (κ3) is 3.12. The van der Waals surface area contributed by atoms with Gasteiger partial charge in [0.1, 0.15) is 11.4 Å². The van der Waals surface area contributed by atoms with Crippen LogP contribution in [0.25, 0.3) is 21.8 Å². The van der Waals surface area contributed by atoms with Gasteiger partial charge in [-0.05, 0) is 64.5 Å². The van der Waals surface area contributed by atoms with Crippen LogP contribution in [0.1, 0.15) is 34.8 Å². The summed E-state index contributed by atoms with van der Waals surface area (Å²) >= 11 is 3.61. The lowest BCUT2D eigenvalue weighted by Crippen LogP contribution is -2.38. The Kier molecular flexibility index (Phi) is 4.59. The number of hydrogen-bond acceptors (Lipinski definition) is 2. The summed E-state index contributed by atoms with van der Waals surface area (Å²) in [5.74, 6) is 1.37. The number of benzene rings is 2. The number of H-pyrrole nitrogens is 2. The van der Waals surface area contributed by atoms with Gasteiger partial charge in [0.2, 0.25) is 0 Å². The molecule has 1 fully saturated rings. The summed E-state index contributed by atoms with van der Waals surface area (Å²) in [5.41, 5.74) is 4.06. The third-order valence-electron chi connectivity index (χ3n) is 6.00. The van der Waals surface area contributed by atoms with Crippen LogP contribution in [-0.4, -0.2) is 41.0 Å². The smallest absolute Gasteiger partial charge is 0.271 e. The molecule has 148 valence electrons. The molecule has 0 spiro atoms. The molecule has 1 amide bonds. The van der Waals surface area contributed by atoms with E-state index >= 15 is 0 Å². The zero-order chi connectivity index (χ0) is 20.0. The number of likely N-dealkylation sites (tertiary alicyclic amines) is 1. The van der Waals surface area contributed by atoms with Crippen LogP contribution in [0.5, 0.6) is 5.75 Å². The van der Waals surface area contributed by atoms with E-state index in [1.807, 2.05) is 35.2 Å². The van der Waals surface area contributed by atoms with Gasteiger partial charge in [-0.15, -0.1) is 0 Å². The molecule has 1 aliphatic heterocycles. The quantitative estimate of drug-likeness (QED) is 0.435. The molecule has 0 unspecified atom stereocenters. The van der Waals surface area contributed by atoms with Crippen molar-refractivity contribution >= 4 is 43.6 Å². The normalized spacial score (nSPS) is 15.3. The van der Waals surface area contributed by atoms with Gasteiger partial charge in [-0.25, -0.2) is 0 Å². The first-order chi connectivity index (χ1) is 14.2. The molecule has 1 aliphatic rings. The maximum atomic E-state index is 13.1. The second-order valence-electron chi connectivity index (χ2n) is 7.58. The Morgan fingerprint density at radius 1 is 1.10 bits per heavy atom. The summed E-state index contributed by atoms with van der Waals surface area (Å²) in [6, 6.07) is 14.1. The minimum atomic E-state index is 0.0621. The fourth-order valence-electron chi connectivity index (χ4n) is 4.39. The Morgan fingerprint density at radius 3 is 2.66 bits per heavy atom. The van der Waals surface area contributed by atoms with Crippen LogP contribution in [0, 0.1) is 0 Å². The Labute approximate surface area is 177 Å². The maximum Gasteiger partial charge on any atom is 0.271 e. The number of aromatic nitrogens is 2. The highest BCUT2D eigenvalue weighted by Gasteiger charge is 2.28. The van der Waals surface area contributed by atoms with Crippen LogP contribution < -0.4 is 4.74 Å². The van der Waals surface area contributed by atoms with Crippen molar-refractivity contribution in [1.82, 2.24) is 14.9 Å². The molecule has 0 bridgehead atoms. The Bertz CT molecular complexity index is 1200. The lowest BCUT2D eigenvalue weighted by atomic mass is 9.89. The first kappa shape index (κ1) is 18.3. The number of rotatable bonds is 3. The molecule has 5 rings (SSSR count). The van der Waals surface area contributed by atoms with Crippen molar-refractivity contribution < 1.29 is 9.53 Å². The van der Waals surface area contributed by atoms with Gasteiger partial charge in [-0.3, -0.25) is 4.79 Å². The lowest BCUT2D eigenvalue weighted by Gasteiger charge is -2.32. The molecular weight excluding hydrogens is 430 g/mol. The SMILES string of the molecule is COc1ccc2[nH]cc(C3CCN(C(=O)c4[nH]c5ccccc5c4Br)CC3)c2c1. The highest BCUT2D eigenvalue weighted by atomic mass is 79.9. The van der Waals surface area contributed by atoms with Gasteiger partial charge in [-0.1, -0.05) is 18.2 Å². The summed E-state index contributed by atoms with van der Waals surface area (Å²) in [5, 5.41) is 2.26. The number of aromatic amines is 2. The fraction of sp³-hybridized carbons (Fsp3) is 0.261. The van der Waals surface area contributed by atoms with E-state index in [9.17, 15) is 4.79 Å². The molecular formula is C23H22BrN3O2. The molecule has 0 atom stereocenters. The van der Waals surface area contributed by atoms with E-state index in [-0.39, 0.29) is 5.91 Å². The topological polar surface area (TPSA) is 61.1 Å². The summed E-state index contributed by atoms with van der Waals surface area (Å²) in [7, 11) is 1.69. The molecule has 2 aromatic carbocycles. The van der Waals surface area contributed by atoms with Gasteiger partial charge >= 0.3 is 0 Å². The van der Waals surface area contributed by atoms with E-state index in [0.29, 0.717) is 11.6 Å². The number of amides is 1. The van der Waals surface area contributed by atoms with E-state index in [2.05, 4.69) is 44.2 Å². The number of ether oxygens (including phenoxy) is 1. The Hall–Kier alpha value is -2.73. The zero-order valence-corrected chi connectivity index (χ0v) is 17.8. The van der Waals surface area contributed by atoms with Gasteiger partial charge in [0.15, 0.2) is 0 Å². The number of hydrogen-bond donors (Lipinski definition) is 2. The van der Waals surface area contributed by atoms with Crippen LogP contribution >= 0.6 is 15.9 Å². The average molecular weight is 452 g/mol. The minimum absolute atomic E-state index is 0.0621. The van der Waals surface area contributed by atoms with Gasteiger partial charge in [0.25, 0.3) is 5.91 Å². The van der Waals surface area contributed by atoms with Crippen LogP contribution in [0.3, 0.4) is 0 Å². The molecule has 0 saturated carbocycles. The second-order valence-corrected chi connectivity index (χ2v) is 8.37. The molecule has 0 radical (unpaired) electrons. The second kappa shape index (κ2) is 7.26. The fourth-order valence-corrected chi connectivity index (χ4v) is 5.01. The monoisotopic (exact) mass is 451 g/mol. The lowest BCUT2D eigenvalue weighted by molar-refractivity contribution is 0.0707. The maximum absolute atomic E-state index is 13.1. The zero-order valence-electron chi connectivity index (χ0n) is 16.2. The van der Waals surface area contributed by atoms with Crippen molar-refractivity contribution in [3.8, 4) is 5.75 Å². The highest BCUT2D eigenvalue weighted by molar-refractivity contribution is 9.10. The van der Waals surface area contributed by atoms with Crippen LogP contribution in [0.15, 0.2) is 53.1 Å². The van der Waals surface area contributed by atoms with Crippen molar-refractivity contribution in [1.29, 1.82) is 0 Å². The summed E-state index contributed by atoms with van der Waals surface area (Å²) in [6.45, 7) is 1.50. The number of carbonyl (C=O) groups excluding carboxylic acids is 1. The average Bonchev–Trinajstić information content (AvgIpc) is 3.34. The van der Waals surface area contributed by atoms with Gasteiger partial charge in [0.05, 0.1) is 11.6 Å². The van der Waals surface area contributed by atoms with E-state index in [1.54, 1.807) is 7.11 Å². The first-order valence-electron chi connectivity index (χ1n) is 9.86. The number of fused-ring (bicyclic) bond motifs is 2. The molecule has 6 heteroatoms. The predicted octanol–water partition coefficient (Wildman–Crippen LogP) is 5.44. The predicted molar refractivity (Wildman–Crippen MR) is 119 cm³/mol. The van der Waals surface area contributed by atoms with E-state index in [0.717, 1.165) is 52.6 Å². The van der Waals surface area contributed by atoms with Crippen molar-refractivity contribution in [2.24, 2.45) is 0 Å². The van der Waals surface area contributed by atoms with Gasteiger partial charge in [-0.2, -0.15) is 0 Å². The number of halogens is 1. The summed E-state index contributed by atoms with van der Waals surface area (Å²) in [4.78, 5) is 21.7. The van der Waals surface area contributed by atoms with Crippen molar-refractivity contribution in [2.75, 3.05) is 20.2 Å². The summed E-state index contributed by atoms with van der Waals surface area (Å²) < 4.78 is 6.24. The molecule has 5 nitrogen and oxygen atoms in total. The van der Waals surface area contributed by atoms with Gasteiger partial charge < -0.3 is 19.6 Å². The largest absolute Gasteiger partial charge is 0.497 e. The van der Waals surface area contributed by atoms with E-state index < -0.39 is 0 Å². The van der Waals surface area contributed by atoms with Crippen LogP contribution in [-0.2, 0) is 0 Å². The Morgan fingerprint density at radius 2 is 1.90 bits per heavy atom. The third-order valence-corrected chi connectivity index (χ3v) is 6.82. The number of methoxy groups -OCH3 is 1. The van der Waals surface area contributed by atoms with E-state index in [1.165, 1.54) is 10.9 Å². The Balaban J connectivity index is 1.35. The molecule has 29 heavy (non-hydrogen) atoms. The van der Waals surface area contributed by atoms with Crippen LogP contribution in [0.2, 0.25) is 0 Å². The highest BCUT2D eigenvalue weighted by Crippen LogP contribution is 2.36. The number of nitrogens with zero attached hydrogens (tertiary/aromatic N) is 1. The number of nitrogens with one attached hydrogen (secondary N) is 2. The number of para-hydroxylation sites is 1. The number of piperidine rings is 1. The molecule has 2 N–H and O–H groups in total. The molecule has 1 saturated heterocycles. The molecule has 4 aromatic rings. The summed E-state index contributed by atoms with van der Waals surface area (Å²) in [6.07, 6.45) is 4.02. The van der Waals surface area contributed by atoms with Crippen molar-refractivity contribution in [2.45, 2.75) is 18.8 Å². The first-order valence-corrected chi connectivity index (χ1v) is 10.7. The van der Waals surface area contributed by atoms with Crippen molar-refractivity contribution in [3.63, 3.8) is 0 Å². The molecule has 3 heterocycles. The molecule has 0 aliphatic carbocycles. The van der Waals surface area contributed by atoms with Crippen LogP contribution in [0.4, 0.5) is 0 Å². The molecule has 2 aromatic heterocycles. The van der Waals surface area contributed by atoms with Gasteiger partial charge in [0, 0.05) is 41.1 Å². The standard InChI is InChI=1S/C23H22BrN3O2/c1-29-15-6-7-19-17(12-15)18(13-25-19)14-8-10-27(11-9-14)23(28)22-21(24)16-4-2-3-5-20(16)26-22/h2-7,12-14,25-26H,8-11H2,1H3. The number of carbonyl (C=O) groups is 1.